The minimum absolute atomic E-state index is 0.0625. The van der Waals surface area contributed by atoms with Gasteiger partial charge in [-0.2, -0.15) is 0 Å². The van der Waals surface area contributed by atoms with Gasteiger partial charge in [-0.25, -0.2) is 0 Å². The molecule has 3 rings (SSSR count). The van der Waals surface area contributed by atoms with Crippen molar-refractivity contribution in [2.45, 2.75) is 51.1 Å². The molecule has 2 atom stereocenters. The topological polar surface area (TPSA) is 44.6 Å². The zero-order valence-electron chi connectivity index (χ0n) is 8.59. The largest absolute Gasteiger partial charge is 0.411 e. The van der Waals surface area contributed by atoms with Gasteiger partial charge in [-0.15, -0.1) is 0 Å². The highest BCUT2D eigenvalue weighted by Crippen LogP contribution is 2.43. The van der Waals surface area contributed by atoms with Crippen LogP contribution >= 0.6 is 0 Å². The number of nitrogens with one attached hydrogen (secondary N) is 1. The fourth-order valence-electron chi connectivity index (χ4n) is 2.88. The van der Waals surface area contributed by atoms with Crippen LogP contribution in [-0.4, -0.2) is 22.0 Å². The van der Waals surface area contributed by atoms with Gasteiger partial charge < -0.3 is 10.5 Å². The molecule has 0 aromatic carbocycles. The van der Waals surface area contributed by atoms with Crippen molar-refractivity contribution in [1.29, 1.82) is 0 Å². The van der Waals surface area contributed by atoms with Crippen LogP contribution in [-0.2, 0) is 0 Å². The molecule has 0 aromatic heterocycles. The Morgan fingerprint density at radius 3 is 2.62 bits per heavy atom. The third-order valence-corrected chi connectivity index (χ3v) is 3.81. The van der Waals surface area contributed by atoms with Crippen molar-refractivity contribution in [1.82, 2.24) is 5.32 Å². The van der Waals surface area contributed by atoms with Gasteiger partial charge in [-0.05, 0) is 46.0 Å². The van der Waals surface area contributed by atoms with E-state index in [-0.39, 0.29) is 11.1 Å². The van der Waals surface area contributed by atoms with Crippen molar-refractivity contribution in [3.63, 3.8) is 0 Å². The fourth-order valence-corrected chi connectivity index (χ4v) is 2.88. The van der Waals surface area contributed by atoms with Crippen LogP contribution in [0.25, 0.3) is 0 Å². The number of hydrogen-bond acceptors (Lipinski definition) is 3. The average molecular weight is 182 g/mol. The first kappa shape index (κ1) is 9.00. The Balaban J connectivity index is 2.34. The molecule has 0 unspecified atom stereocenters. The summed E-state index contributed by atoms with van der Waals surface area (Å²) >= 11 is 0. The Bertz CT molecular complexity index is 260. The number of nitrogens with zero attached hydrogens (tertiary/aromatic N) is 1. The molecule has 1 saturated carbocycles. The second kappa shape index (κ2) is 2.47. The molecular formula is C10H18N2O. The van der Waals surface area contributed by atoms with E-state index in [2.05, 4.69) is 31.2 Å². The maximum Gasteiger partial charge on any atom is 0.0771 e. The van der Waals surface area contributed by atoms with E-state index in [0.717, 1.165) is 18.6 Å². The van der Waals surface area contributed by atoms with E-state index in [0.29, 0.717) is 5.92 Å². The molecule has 2 aliphatic heterocycles. The van der Waals surface area contributed by atoms with Crippen molar-refractivity contribution < 1.29 is 5.21 Å². The second-order valence-corrected chi connectivity index (χ2v) is 5.17. The monoisotopic (exact) mass is 182 g/mol. The summed E-state index contributed by atoms with van der Waals surface area (Å²) in [5.74, 6) is 0.625. The normalized spacial score (nSPS) is 45.5. The molecule has 3 aliphatic rings. The summed E-state index contributed by atoms with van der Waals surface area (Å²) in [6, 6.07) is 0. The zero-order valence-corrected chi connectivity index (χ0v) is 8.59. The summed E-state index contributed by atoms with van der Waals surface area (Å²) in [7, 11) is 0. The van der Waals surface area contributed by atoms with Gasteiger partial charge in [0.15, 0.2) is 0 Å². The lowest BCUT2D eigenvalue weighted by molar-refractivity contribution is 0.107. The molecule has 3 fully saturated rings. The predicted octanol–water partition coefficient (Wildman–Crippen LogP) is 1.76. The number of fused-ring (bicyclic) bond motifs is 3. The molecule has 1 aliphatic carbocycles. The quantitative estimate of drug-likeness (QED) is 0.443. The number of piperidine rings is 2. The summed E-state index contributed by atoms with van der Waals surface area (Å²) in [6.45, 7) is 6.62. The van der Waals surface area contributed by atoms with Gasteiger partial charge in [0.25, 0.3) is 0 Å². The molecular weight excluding hydrogens is 164 g/mol. The average Bonchev–Trinajstić information content (AvgIpc) is 2.01. The van der Waals surface area contributed by atoms with E-state index < -0.39 is 0 Å². The van der Waals surface area contributed by atoms with Gasteiger partial charge in [0.05, 0.1) is 11.3 Å². The van der Waals surface area contributed by atoms with E-state index in [1.165, 1.54) is 6.42 Å². The molecule has 0 radical (unpaired) electrons. The molecule has 2 heterocycles. The van der Waals surface area contributed by atoms with Crippen LogP contribution in [0.1, 0.15) is 40.0 Å². The van der Waals surface area contributed by atoms with Crippen molar-refractivity contribution in [3.05, 3.63) is 0 Å². The van der Waals surface area contributed by atoms with Crippen LogP contribution in [0.3, 0.4) is 0 Å². The van der Waals surface area contributed by atoms with E-state index in [1.54, 1.807) is 0 Å². The molecule has 0 spiro atoms. The van der Waals surface area contributed by atoms with Crippen LogP contribution in [0.4, 0.5) is 0 Å². The maximum absolute atomic E-state index is 8.90. The van der Waals surface area contributed by atoms with E-state index >= 15 is 0 Å². The number of rotatable bonds is 0. The molecule has 2 bridgehead atoms. The Kier molecular flexibility index (Phi) is 1.71. The summed E-state index contributed by atoms with van der Waals surface area (Å²) in [5, 5.41) is 15.9. The Labute approximate surface area is 79.2 Å². The van der Waals surface area contributed by atoms with E-state index in [9.17, 15) is 0 Å². The molecule has 2 saturated heterocycles. The lowest BCUT2D eigenvalue weighted by Gasteiger charge is -2.55. The third kappa shape index (κ3) is 1.17. The summed E-state index contributed by atoms with van der Waals surface area (Å²) in [5.41, 5.74) is 1.07. The molecule has 0 aromatic rings. The van der Waals surface area contributed by atoms with Crippen LogP contribution in [0.5, 0.6) is 0 Å². The van der Waals surface area contributed by atoms with Crippen LogP contribution in [0, 0.1) is 5.92 Å². The predicted molar refractivity (Wildman–Crippen MR) is 52.2 cm³/mol. The highest BCUT2D eigenvalue weighted by atomic mass is 16.4. The molecule has 2 N–H and O–H groups in total. The van der Waals surface area contributed by atoms with Crippen molar-refractivity contribution in [2.24, 2.45) is 11.1 Å². The van der Waals surface area contributed by atoms with Gasteiger partial charge in [0.2, 0.25) is 0 Å². The summed E-state index contributed by atoms with van der Waals surface area (Å²) < 4.78 is 0. The Morgan fingerprint density at radius 2 is 2.15 bits per heavy atom. The first-order chi connectivity index (χ1) is 5.98. The fraction of sp³-hybridized carbons (Fsp3) is 0.900. The first-order valence-electron chi connectivity index (χ1n) is 4.99. The smallest absolute Gasteiger partial charge is 0.0771 e. The lowest BCUT2D eigenvalue weighted by Crippen LogP contribution is -2.69. The van der Waals surface area contributed by atoms with Crippen molar-refractivity contribution in [3.8, 4) is 0 Å². The molecule has 3 heteroatoms. The minimum Gasteiger partial charge on any atom is -0.411 e. The van der Waals surface area contributed by atoms with Crippen LogP contribution < -0.4 is 5.32 Å². The standard InChI is InChI=1S/C10H18N2O/c1-9(2)7-4-5-10(3,12-9)8(6-7)11-13/h7,12-13H,4-6H2,1-3H3/b11-8-/t7-,10+/m1/s1. The SMILES string of the molecule is CC1(C)N[C@@]2(C)CC[C@@H]1C/C2=N/O. The lowest BCUT2D eigenvalue weighted by atomic mass is 9.63. The highest BCUT2D eigenvalue weighted by Gasteiger charge is 2.50. The van der Waals surface area contributed by atoms with Gasteiger partial charge >= 0.3 is 0 Å². The van der Waals surface area contributed by atoms with E-state index in [1.807, 2.05) is 0 Å². The Morgan fingerprint density at radius 1 is 1.46 bits per heavy atom. The highest BCUT2D eigenvalue weighted by molar-refractivity contribution is 5.94. The number of oxime groups is 1. The van der Waals surface area contributed by atoms with Crippen LogP contribution in [0.15, 0.2) is 5.16 Å². The minimum atomic E-state index is -0.0625. The molecule has 3 nitrogen and oxygen atoms in total. The van der Waals surface area contributed by atoms with E-state index in [4.69, 9.17) is 5.21 Å². The third-order valence-electron chi connectivity index (χ3n) is 3.81. The van der Waals surface area contributed by atoms with Crippen molar-refractivity contribution >= 4 is 5.71 Å². The first-order valence-corrected chi connectivity index (χ1v) is 4.99. The van der Waals surface area contributed by atoms with Gasteiger partial charge in [0, 0.05) is 5.54 Å². The van der Waals surface area contributed by atoms with Crippen LogP contribution in [0.2, 0.25) is 0 Å². The maximum atomic E-state index is 8.90. The van der Waals surface area contributed by atoms with Gasteiger partial charge in [-0.1, -0.05) is 5.16 Å². The molecule has 74 valence electrons. The van der Waals surface area contributed by atoms with Gasteiger partial charge in [0.1, 0.15) is 0 Å². The molecule has 13 heavy (non-hydrogen) atoms. The summed E-state index contributed by atoms with van der Waals surface area (Å²) in [6.07, 6.45) is 3.29. The van der Waals surface area contributed by atoms with Gasteiger partial charge in [-0.3, -0.25) is 0 Å². The Hall–Kier alpha value is -0.570. The molecule has 0 amide bonds. The summed E-state index contributed by atoms with van der Waals surface area (Å²) in [4.78, 5) is 0. The second-order valence-electron chi connectivity index (χ2n) is 5.17. The van der Waals surface area contributed by atoms with Crippen molar-refractivity contribution in [2.75, 3.05) is 0 Å². The zero-order chi connectivity index (χ0) is 9.69. The number of hydrogen-bond donors (Lipinski definition) is 2.